The van der Waals surface area contributed by atoms with Crippen molar-refractivity contribution in [1.82, 2.24) is 0 Å². The van der Waals surface area contributed by atoms with Gasteiger partial charge in [0.05, 0.1) is 0 Å². The van der Waals surface area contributed by atoms with Crippen molar-refractivity contribution in [3.8, 4) is 11.1 Å². The zero-order valence-electron chi connectivity index (χ0n) is 12.0. The molecule has 4 aromatic rings. The highest BCUT2D eigenvalue weighted by Gasteiger charge is 2.27. The van der Waals surface area contributed by atoms with Crippen molar-refractivity contribution in [3.05, 3.63) is 83.9 Å². The van der Waals surface area contributed by atoms with E-state index in [1.54, 1.807) is 0 Å². The van der Waals surface area contributed by atoms with Crippen molar-refractivity contribution in [2.45, 2.75) is 6.10 Å². The normalized spacial score (nSPS) is 13.5. The van der Waals surface area contributed by atoms with Gasteiger partial charge in [-0.25, -0.2) is 0 Å². The van der Waals surface area contributed by atoms with Gasteiger partial charge in [-0.2, -0.15) is 0 Å². The van der Waals surface area contributed by atoms with Gasteiger partial charge in [0.25, 0.3) is 0 Å². The molecule has 104 valence electrons. The van der Waals surface area contributed by atoms with Crippen molar-refractivity contribution >= 4 is 21.5 Å². The third-order valence-electron chi connectivity index (χ3n) is 4.72. The minimum atomic E-state index is -0.529. The van der Waals surface area contributed by atoms with Crippen molar-refractivity contribution in [1.29, 1.82) is 0 Å². The van der Waals surface area contributed by atoms with E-state index >= 15 is 0 Å². The molecule has 0 radical (unpaired) electrons. The highest BCUT2D eigenvalue weighted by atomic mass is 16.3. The molecule has 1 N–H and O–H groups in total. The van der Waals surface area contributed by atoms with Crippen molar-refractivity contribution in [3.63, 3.8) is 0 Å². The third kappa shape index (κ3) is 1.52. The summed E-state index contributed by atoms with van der Waals surface area (Å²) < 4.78 is 0. The maximum atomic E-state index is 10.8. The summed E-state index contributed by atoms with van der Waals surface area (Å²) >= 11 is 0. The molecule has 0 bridgehead atoms. The average Bonchev–Trinajstić information content (AvgIpc) is 2.83. The van der Waals surface area contributed by atoms with Gasteiger partial charge >= 0.3 is 0 Å². The zero-order valence-corrected chi connectivity index (χ0v) is 12.0. The Morgan fingerprint density at radius 1 is 0.545 bits per heavy atom. The fraction of sp³-hybridized carbons (Fsp3) is 0.0476. The second kappa shape index (κ2) is 4.19. The molecule has 0 fully saturated rings. The summed E-state index contributed by atoms with van der Waals surface area (Å²) in [4.78, 5) is 0. The van der Waals surface area contributed by atoms with Crippen LogP contribution in [0.2, 0.25) is 0 Å². The van der Waals surface area contributed by atoms with Crippen molar-refractivity contribution in [2.24, 2.45) is 0 Å². The molecule has 0 aliphatic heterocycles. The second-order valence-corrected chi connectivity index (χ2v) is 5.98. The molecule has 1 heteroatoms. The van der Waals surface area contributed by atoms with Gasteiger partial charge < -0.3 is 5.11 Å². The van der Waals surface area contributed by atoms with Gasteiger partial charge in [0, 0.05) is 0 Å². The van der Waals surface area contributed by atoms with E-state index in [0.717, 1.165) is 22.3 Å². The Morgan fingerprint density at radius 2 is 0.909 bits per heavy atom. The SMILES string of the molecule is OC1c2cc3ccccc3cc2-c2cc3ccccc3cc21. The van der Waals surface area contributed by atoms with Crippen LogP contribution in [0.1, 0.15) is 17.2 Å². The number of aliphatic hydroxyl groups is 1. The molecule has 0 heterocycles. The highest BCUT2D eigenvalue weighted by molar-refractivity contribution is 5.96. The lowest BCUT2D eigenvalue weighted by Crippen LogP contribution is -1.93. The summed E-state index contributed by atoms with van der Waals surface area (Å²) in [6, 6.07) is 25.3. The molecular weight excluding hydrogens is 268 g/mol. The number of benzene rings is 4. The summed E-state index contributed by atoms with van der Waals surface area (Å²) in [5.74, 6) is 0. The van der Waals surface area contributed by atoms with Crippen LogP contribution in [0.4, 0.5) is 0 Å². The van der Waals surface area contributed by atoms with Crippen LogP contribution in [0.3, 0.4) is 0 Å². The summed E-state index contributed by atoms with van der Waals surface area (Å²) in [5.41, 5.74) is 4.35. The molecule has 1 aliphatic rings. The summed E-state index contributed by atoms with van der Waals surface area (Å²) in [5, 5.41) is 15.5. The molecule has 1 aliphatic carbocycles. The van der Waals surface area contributed by atoms with Crippen LogP contribution in [-0.2, 0) is 0 Å². The molecule has 0 aromatic heterocycles. The molecule has 4 aromatic carbocycles. The quantitative estimate of drug-likeness (QED) is 0.478. The standard InChI is InChI=1S/C21H14O/c22-21-19-11-15-7-3-1-5-13(15)9-17(19)18-10-14-6-2-4-8-16(14)12-20(18)21/h1-12,21-22H. The zero-order chi connectivity index (χ0) is 14.7. The van der Waals surface area contributed by atoms with E-state index in [1.807, 2.05) is 12.1 Å². The molecule has 0 spiro atoms. The van der Waals surface area contributed by atoms with Crippen LogP contribution in [0.15, 0.2) is 72.8 Å². The Balaban J connectivity index is 1.88. The minimum absolute atomic E-state index is 0.529. The molecular formula is C21H14O. The minimum Gasteiger partial charge on any atom is -0.384 e. The van der Waals surface area contributed by atoms with Gasteiger partial charge in [-0.3, -0.25) is 0 Å². The number of hydrogen-bond acceptors (Lipinski definition) is 1. The molecule has 1 nitrogen and oxygen atoms in total. The van der Waals surface area contributed by atoms with Crippen molar-refractivity contribution in [2.75, 3.05) is 0 Å². The fourth-order valence-corrected chi connectivity index (χ4v) is 3.60. The molecule has 5 rings (SSSR count). The topological polar surface area (TPSA) is 20.2 Å². The predicted molar refractivity (Wildman–Crippen MR) is 91.0 cm³/mol. The van der Waals surface area contributed by atoms with E-state index in [1.165, 1.54) is 21.5 Å². The maximum Gasteiger partial charge on any atom is 0.105 e. The first-order valence-electron chi connectivity index (χ1n) is 7.55. The van der Waals surface area contributed by atoms with Crippen LogP contribution < -0.4 is 0 Å². The summed E-state index contributed by atoms with van der Waals surface area (Å²) in [7, 11) is 0. The smallest absolute Gasteiger partial charge is 0.105 e. The monoisotopic (exact) mass is 282 g/mol. The van der Waals surface area contributed by atoms with Crippen LogP contribution in [0.25, 0.3) is 32.7 Å². The lowest BCUT2D eigenvalue weighted by molar-refractivity contribution is 0.225. The molecule has 0 unspecified atom stereocenters. The van der Waals surface area contributed by atoms with Gasteiger partial charge in [0.15, 0.2) is 0 Å². The lowest BCUT2D eigenvalue weighted by atomic mass is 9.99. The Bertz CT molecular complexity index is 961. The van der Waals surface area contributed by atoms with E-state index in [9.17, 15) is 5.11 Å². The predicted octanol–water partition coefficient (Wildman–Crippen LogP) is 5.06. The summed E-state index contributed by atoms with van der Waals surface area (Å²) in [6.07, 6.45) is -0.529. The first kappa shape index (κ1) is 12.0. The van der Waals surface area contributed by atoms with Gasteiger partial charge in [0.1, 0.15) is 6.10 Å². The fourth-order valence-electron chi connectivity index (χ4n) is 3.60. The van der Waals surface area contributed by atoms with Crippen LogP contribution in [0.5, 0.6) is 0 Å². The van der Waals surface area contributed by atoms with E-state index in [-0.39, 0.29) is 0 Å². The van der Waals surface area contributed by atoms with E-state index in [2.05, 4.69) is 60.7 Å². The van der Waals surface area contributed by atoms with Crippen molar-refractivity contribution < 1.29 is 5.11 Å². The number of fused-ring (bicyclic) bond motifs is 5. The summed E-state index contributed by atoms with van der Waals surface area (Å²) in [6.45, 7) is 0. The average molecular weight is 282 g/mol. The van der Waals surface area contributed by atoms with E-state index in [4.69, 9.17) is 0 Å². The van der Waals surface area contributed by atoms with E-state index < -0.39 is 6.10 Å². The van der Waals surface area contributed by atoms with Gasteiger partial charge in [-0.15, -0.1) is 0 Å². The Morgan fingerprint density at radius 3 is 1.32 bits per heavy atom. The maximum absolute atomic E-state index is 10.8. The molecule has 0 saturated heterocycles. The third-order valence-corrected chi connectivity index (χ3v) is 4.72. The number of rotatable bonds is 0. The first-order chi connectivity index (χ1) is 10.8. The lowest BCUT2D eigenvalue weighted by Gasteiger charge is -2.07. The number of hydrogen-bond donors (Lipinski definition) is 1. The largest absolute Gasteiger partial charge is 0.384 e. The molecule has 0 saturated carbocycles. The highest BCUT2D eigenvalue weighted by Crippen LogP contribution is 2.46. The Labute approximate surface area is 128 Å². The molecule has 22 heavy (non-hydrogen) atoms. The molecule has 0 amide bonds. The van der Waals surface area contributed by atoms with Gasteiger partial charge in [0.2, 0.25) is 0 Å². The van der Waals surface area contributed by atoms with Crippen LogP contribution in [-0.4, -0.2) is 5.11 Å². The Kier molecular flexibility index (Phi) is 2.28. The number of aliphatic hydroxyl groups excluding tert-OH is 1. The van der Waals surface area contributed by atoms with Crippen LogP contribution >= 0.6 is 0 Å². The molecule has 0 atom stereocenters. The van der Waals surface area contributed by atoms with Gasteiger partial charge in [-0.05, 0) is 68.1 Å². The first-order valence-corrected chi connectivity index (χ1v) is 7.55. The van der Waals surface area contributed by atoms with E-state index in [0.29, 0.717) is 0 Å². The second-order valence-electron chi connectivity index (χ2n) is 5.98. The Hall–Kier alpha value is -2.64. The van der Waals surface area contributed by atoms with Gasteiger partial charge in [-0.1, -0.05) is 48.5 Å². The van der Waals surface area contributed by atoms with Crippen LogP contribution in [0, 0.1) is 0 Å².